The molecule has 19 heavy (non-hydrogen) atoms. The fourth-order valence-electron chi connectivity index (χ4n) is 1.58. The molecule has 2 N–H and O–H groups in total. The fourth-order valence-corrected chi connectivity index (χ4v) is 1.58. The molecule has 1 aromatic heterocycles. The van der Waals surface area contributed by atoms with E-state index in [-0.39, 0.29) is 11.8 Å². The maximum atomic E-state index is 13.1. The average Bonchev–Trinajstić information content (AvgIpc) is 2.42. The van der Waals surface area contributed by atoms with Crippen LogP contribution < -0.4 is 10.6 Å². The number of hydrogen-bond donors (Lipinski definition) is 2. The Morgan fingerprint density at radius 2 is 2.21 bits per heavy atom. The SMILES string of the molecule is Cc1ccc(F)cc1NC(=O)NCc1cccnc1. The Morgan fingerprint density at radius 3 is 2.95 bits per heavy atom. The van der Waals surface area contributed by atoms with Crippen molar-refractivity contribution in [1.82, 2.24) is 10.3 Å². The molecule has 0 unspecified atom stereocenters. The summed E-state index contributed by atoms with van der Waals surface area (Å²) in [6.45, 7) is 2.17. The van der Waals surface area contributed by atoms with Crippen molar-refractivity contribution in [3.05, 3.63) is 59.7 Å². The second-order valence-corrected chi connectivity index (χ2v) is 4.13. The zero-order chi connectivity index (χ0) is 13.7. The number of rotatable bonds is 3. The molecule has 0 saturated carbocycles. The van der Waals surface area contributed by atoms with Crippen molar-refractivity contribution in [2.24, 2.45) is 0 Å². The number of anilines is 1. The molecule has 5 heteroatoms. The molecule has 4 nitrogen and oxygen atoms in total. The summed E-state index contributed by atoms with van der Waals surface area (Å²) >= 11 is 0. The van der Waals surface area contributed by atoms with E-state index in [1.54, 1.807) is 31.5 Å². The minimum Gasteiger partial charge on any atom is -0.334 e. The van der Waals surface area contributed by atoms with Gasteiger partial charge in [0.1, 0.15) is 5.82 Å². The zero-order valence-corrected chi connectivity index (χ0v) is 10.5. The highest BCUT2D eigenvalue weighted by Crippen LogP contribution is 2.15. The van der Waals surface area contributed by atoms with Crippen molar-refractivity contribution in [1.29, 1.82) is 0 Å². The van der Waals surface area contributed by atoms with Crippen LogP contribution in [0.5, 0.6) is 0 Å². The summed E-state index contributed by atoms with van der Waals surface area (Å²) in [6.07, 6.45) is 3.34. The van der Waals surface area contributed by atoms with Crippen molar-refractivity contribution in [2.75, 3.05) is 5.32 Å². The summed E-state index contributed by atoms with van der Waals surface area (Å²) in [6, 6.07) is 7.54. The molecule has 2 aromatic rings. The number of carbonyl (C=O) groups is 1. The Kier molecular flexibility index (Phi) is 4.07. The third-order valence-corrected chi connectivity index (χ3v) is 2.62. The van der Waals surface area contributed by atoms with E-state index in [9.17, 15) is 9.18 Å². The lowest BCUT2D eigenvalue weighted by Crippen LogP contribution is -2.28. The Hall–Kier alpha value is -2.43. The van der Waals surface area contributed by atoms with Crippen LogP contribution in [0.15, 0.2) is 42.7 Å². The van der Waals surface area contributed by atoms with Gasteiger partial charge in [0.15, 0.2) is 0 Å². The van der Waals surface area contributed by atoms with Gasteiger partial charge in [-0.2, -0.15) is 0 Å². The van der Waals surface area contributed by atoms with E-state index in [0.29, 0.717) is 12.2 Å². The van der Waals surface area contributed by atoms with E-state index in [0.717, 1.165) is 11.1 Å². The van der Waals surface area contributed by atoms with E-state index >= 15 is 0 Å². The molecule has 0 spiro atoms. The predicted octanol–water partition coefficient (Wildman–Crippen LogP) is 2.85. The van der Waals surface area contributed by atoms with Gasteiger partial charge in [0.25, 0.3) is 0 Å². The zero-order valence-electron chi connectivity index (χ0n) is 10.5. The van der Waals surface area contributed by atoms with Gasteiger partial charge in [0.2, 0.25) is 0 Å². The van der Waals surface area contributed by atoms with Gasteiger partial charge in [-0.3, -0.25) is 4.98 Å². The minimum atomic E-state index is -0.381. The van der Waals surface area contributed by atoms with Crippen LogP contribution in [0.25, 0.3) is 0 Å². The Balaban J connectivity index is 1.93. The molecule has 2 amide bonds. The number of carbonyl (C=O) groups excluding carboxylic acids is 1. The molecular formula is C14H14FN3O. The number of aromatic nitrogens is 1. The summed E-state index contributed by atoms with van der Waals surface area (Å²) in [4.78, 5) is 15.6. The summed E-state index contributed by atoms with van der Waals surface area (Å²) < 4.78 is 13.1. The molecule has 0 aliphatic carbocycles. The van der Waals surface area contributed by atoms with Crippen LogP contribution >= 0.6 is 0 Å². The quantitative estimate of drug-likeness (QED) is 0.890. The van der Waals surface area contributed by atoms with Gasteiger partial charge in [0.05, 0.1) is 0 Å². The second-order valence-electron chi connectivity index (χ2n) is 4.13. The number of aryl methyl sites for hydroxylation is 1. The summed E-state index contributed by atoms with van der Waals surface area (Å²) in [5.41, 5.74) is 2.16. The van der Waals surface area contributed by atoms with Crippen LogP contribution in [0.4, 0.5) is 14.9 Å². The van der Waals surface area contributed by atoms with Crippen LogP contribution in [-0.4, -0.2) is 11.0 Å². The molecule has 0 fully saturated rings. The monoisotopic (exact) mass is 259 g/mol. The number of halogens is 1. The molecule has 1 aromatic carbocycles. The largest absolute Gasteiger partial charge is 0.334 e. The molecule has 2 rings (SSSR count). The van der Waals surface area contributed by atoms with Gasteiger partial charge in [-0.05, 0) is 36.2 Å². The lowest BCUT2D eigenvalue weighted by Gasteiger charge is -2.09. The third kappa shape index (κ3) is 3.77. The maximum Gasteiger partial charge on any atom is 0.319 e. The number of nitrogens with zero attached hydrogens (tertiary/aromatic N) is 1. The Morgan fingerprint density at radius 1 is 1.37 bits per heavy atom. The highest BCUT2D eigenvalue weighted by molar-refractivity contribution is 5.89. The first-order valence-electron chi connectivity index (χ1n) is 5.85. The molecule has 98 valence electrons. The van der Waals surface area contributed by atoms with Crippen molar-refractivity contribution in [3.8, 4) is 0 Å². The van der Waals surface area contributed by atoms with Crippen LogP contribution in [0.1, 0.15) is 11.1 Å². The van der Waals surface area contributed by atoms with Gasteiger partial charge in [-0.25, -0.2) is 9.18 Å². The first-order chi connectivity index (χ1) is 9.15. The number of urea groups is 1. The van der Waals surface area contributed by atoms with E-state index < -0.39 is 0 Å². The van der Waals surface area contributed by atoms with Crippen LogP contribution in [0.3, 0.4) is 0 Å². The number of amides is 2. The first-order valence-corrected chi connectivity index (χ1v) is 5.85. The van der Waals surface area contributed by atoms with Gasteiger partial charge in [0, 0.05) is 24.6 Å². The summed E-state index contributed by atoms with van der Waals surface area (Å²) in [5, 5.41) is 5.29. The van der Waals surface area contributed by atoms with Crippen LogP contribution in [-0.2, 0) is 6.54 Å². The molecule has 0 aliphatic heterocycles. The molecule has 0 atom stereocenters. The van der Waals surface area contributed by atoms with E-state index in [2.05, 4.69) is 15.6 Å². The van der Waals surface area contributed by atoms with Crippen molar-refractivity contribution < 1.29 is 9.18 Å². The number of pyridine rings is 1. The molecule has 0 aliphatic rings. The van der Waals surface area contributed by atoms with Gasteiger partial charge in [-0.1, -0.05) is 12.1 Å². The second kappa shape index (κ2) is 5.95. The van der Waals surface area contributed by atoms with Crippen molar-refractivity contribution >= 4 is 11.7 Å². The van der Waals surface area contributed by atoms with Crippen molar-refractivity contribution in [3.63, 3.8) is 0 Å². The lowest BCUT2D eigenvalue weighted by atomic mass is 10.2. The summed E-state index contributed by atoms with van der Waals surface area (Å²) in [7, 11) is 0. The molecule has 0 bridgehead atoms. The highest BCUT2D eigenvalue weighted by Gasteiger charge is 2.05. The van der Waals surface area contributed by atoms with Crippen molar-refractivity contribution in [2.45, 2.75) is 13.5 Å². The normalized spacial score (nSPS) is 10.0. The lowest BCUT2D eigenvalue weighted by molar-refractivity contribution is 0.251. The first kappa shape index (κ1) is 13.0. The Labute approximate surface area is 110 Å². The fraction of sp³-hybridized carbons (Fsp3) is 0.143. The summed E-state index contributed by atoms with van der Waals surface area (Å²) in [5.74, 6) is -0.381. The number of hydrogen-bond acceptors (Lipinski definition) is 2. The van der Waals surface area contributed by atoms with E-state index in [4.69, 9.17) is 0 Å². The van der Waals surface area contributed by atoms with Gasteiger partial charge in [-0.15, -0.1) is 0 Å². The topological polar surface area (TPSA) is 54.0 Å². The third-order valence-electron chi connectivity index (χ3n) is 2.62. The maximum absolute atomic E-state index is 13.1. The molecular weight excluding hydrogens is 245 g/mol. The predicted molar refractivity (Wildman–Crippen MR) is 71.2 cm³/mol. The standard InChI is InChI=1S/C14H14FN3O/c1-10-4-5-12(15)7-13(10)18-14(19)17-9-11-3-2-6-16-8-11/h2-8H,9H2,1H3,(H2,17,18,19). The van der Waals surface area contributed by atoms with Gasteiger partial charge < -0.3 is 10.6 Å². The van der Waals surface area contributed by atoms with E-state index in [1.165, 1.54) is 12.1 Å². The highest BCUT2D eigenvalue weighted by atomic mass is 19.1. The van der Waals surface area contributed by atoms with Gasteiger partial charge >= 0.3 is 6.03 Å². The Bertz CT molecular complexity index is 572. The number of benzene rings is 1. The number of nitrogens with one attached hydrogen (secondary N) is 2. The van der Waals surface area contributed by atoms with E-state index in [1.807, 2.05) is 6.07 Å². The molecule has 0 saturated heterocycles. The molecule has 1 heterocycles. The van der Waals surface area contributed by atoms with Crippen LogP contribution in [0.2, 0.25) is 0 Å². The minimum absolute atomic E-state index is 0.369. The average molecular weight is 259 g/mol. The molecule has 0 radical (unpaired) electrons. The van der Waals surface area contributed by atoms with Crippen LogP contribution in [0, 0.1) is 12.7 Å². The smallest absolute Gasteiger partial charge is 0.319 e.